The summed E-state index contributed by atoms with van der Waals surface area (Å²) >= 11 is 0. The van der Waals surface area contributed by atoms with E-state index in [0.717, 1.165) is 18.9 Å². The van der Waals surface area contributed by atoms with Crippen molar-refractivity contribution >= 4 is 0 Å². The van der Waals surface area contributed by atoms with Gasteiger partial charge in [-0.25, -0.2) is 0 Å². The maximum absolute atomic E-state index is 12.5. The second-order valence-corrected chi connectivity index (χ2v) is 4.90. The van der Waals surface area contributed by atoms with E-state index < -0.39 is 11.9 Å². The predicted molar refractivity (Wildman–Crippen MR) is 58.4 cm³/mol. The molecule has 0 amide bonds. The van der Waals surface area contributed by atoms with Crippen LogP contribution in [-0.4, -0.2) is 9.78 Å². The van der Waals surface area contributed by atoms with Crippen LogP contribution in [0, 0.1) is 23.2 Å². The van der Waals surface area contributed by atoms with Crippen molar-refractivity contribution in [2.75, 3.05) is 0 Å². The van der Waals surface area contributed by atoms with Crippen LogP contribution in [0.4, 0.5) is 13.2 Å². The third-order valence-corrected chi connectivity index (χ3v) is 3.48. The van der Waals surface area contributed by atoms with E-state index in [4.69, 9.17) is 5.26 Å². The molecule has 3 unspecified atom stereocenters. The second-order valence-electron chi connectivity index (χ2n) is 4.90. The van der Waals surface area contributed by atoms with Crippen LogP contribution in [0.5, 0.6) is 0 Å². The van der Waals surface area contributed by atoms with Crippen molar-refractivity contribution in [1.82, 2.24) is 9.78 Å². The summed E-state index contributed by atoms with van der Waals surface area (Å²) in [5.41, 5.74) is -0.891. The van der Waals surface area contributed by atoms with Gasteiger partial charge in [0.15, 0.2) is 5.69 Å². The Hall–Kier alpha value is -1.51. The SMILES string of the molecule is CC1CCC(C#N)C(n2ccc(C(F)(F)F)n2)C1. The van der Waals surface area contributed by atoms with Crippen molar-refractivity contribution in [1.29, 1.82) is 5.26 Å². The Balaban J connectivity index is 2.24. The van der Waals surface area contributed by atoms with E-state index in [1.165, 1.54) is 10.9 Å². The van der Waals surface area contributed by atoms with E-state index in [-0.39, 0.29) is 12.0 Å². The number of aromatic nitrogens is 2. The molecular weight excluding hydrogens is 243 g/mol. The van der Waals surface area contributed by atoms with Gasteiger partial charge in [0.1, 0.15) is 0 Å². The molecule has 1 aliphatic carbocycles. The van der Waals surface area contributed by atoms with Crippen molar-refractivity contribution in [3.63, 3.8) is 0 Å². The number of hydrogen-bond donors (Lipinski definition) is 0. The summed E-state index contributed by atoms with van der Waals surface area (Å²) in [4.78, 5) is 0. The Morgan fingerprint density at radius 1 is 1.44 bits per heavy atom. The van der Waals surface area contributed by atoms with Crippen LogP contribution in [0.3, 0.4) is 0 Å². The summed E-state index contributed by atoms with van der Waals surface area (Å²) in [6, 6.07) is 2.90. The molecule has 0 aromatic carbocycles. The first-order valence-corrected chi connectivity index (χ1v) is 5.93. The molecule has 1 aliphatic rings. The third kappa shape index (κ3) is 2.50. The molecule has 0 spiro atoms. The summed E-state index contributed by atoms with van der Waals surface area (Å²) < 4.78 is 38.8. The highest BCUT2D eigenvalue weighted by atomic mass is 19.4. The molecule has 3 atom stereocenters. The van der Waals surface area contributed by atoms with E-state index in [0.29, 0.717) is 12.3 Å². The van der Waals surface area contributed by atoms with Gasteiger partial charge >= 0.3 is 6.18 Å². The van der Waals surface area contributed by atoms with Crippen LogP contribution in [0.25, 0.3) is 0 Å². The smallest absolute Gasteiger partial charge is 0.268 e. The molecule has 0 saturated heterocycles. The zero-order chi connectivity index (χ0) is 13.3. The Morgan fingerprint density at radius 2 is 2.17 bits per heavy atom. The summed E-state index contributed by atoms with van der Waals surface area (Å²) in [7, 11) is 0. The Bertz CT molecular complexity index is 458. The van der Waals surface area contributed by atoms with Crippen molar-refractivity contribution < 1.29 is 13.2 Å². The lowest BCUT2D eigenvalue weighted by molar-refractivity contribution is -0.141. The molecule has 0 bridgehead atoms. The zero-order valence-electron chi connectivity index (χ0n) is 9.98. The van der Waals surface area contributed by atoms with Gasteiger partial charge in [-0.15, -0.1) is 0 Å². The quantitative estimate of drug-likeness (QED) is 0.773. The first-order chi connectivity index (χ1) is 8.41. The van der Waals surface area contributed by atoms with Crippen LogP contribution in [-0.2, 0) is 6.18 Å². The van der Waals surface area contributed by atoms with E-state index in [1.807, 2.05) is 0 Å². The van der Waals surface area contributed by atoms with Crippen LogP contribution in [0.1, 0.15) is 37.9 Å². The van der Waals surface area contributed by atoms with Crippen molar-refractivity contribution in [3.05, 3.63) is 18.0 Å². The number of halogens is 3. The third-order valence-electron chi connectivity index (χ3n) is 3.48. The van der Waals surface area contributed by atoms with Crippen LogP contribution < -0.4 is 0 Å². The van der Waals surface area contributed by atoms with Gasteiger partial charge < -0.3 is 0 Å². The molecule has 98 valence electrons. The number of hydrogen-bond acceptors (Lipinski definition) is 2. The molecule has 1 aromatic heterocycles. The molecule has 1 aromatic rings. The van der Waals surface area contributed by atoms with E-state index in [2.05, 4.69) is 18.1 Å². The lowest BCUT2D eigenvalue weighted by atomic mass is 9.80. The maximum Gasteiger partial charge on any atom is 0.435 e. The largest absolute Gasteiger partial charge is 0.435 e. The fourth-order valence-electron chi connectivity index (χ4n) is 2.47. The molecule has 3 nitrogen and oxygen atoms in total. The standard InChI is InChI=1S/C12H14F3N3/c1-8-2-3-9(7-16)10(6-8)18-5-4-11(17-18)12(13,14)15/h4-5,8-10H,2-3,6H2,1H3. The van der Waals surface area contributed by atoms with E-state index in [9.17, 15) is 13.2 Å². The Morgan fingerprint density at radius 3 is 2.72 bits per heavy atom. The Kier molecular flexibility index (Phi) is 3.33. The first kappa shape index (κ1) is 12.9. The summed E-state index contributed by atoms with van der Waals surface area (Å²) in [5, 5.41) is 12.6. The van der Waals surface area contributed by atoms with E-state index in [1.54, 1.807) is 0 Å². The molecule has 6 heteroatoms. The predicted octanol–water partition coefficient (Wildman–Crippen LogP) is 3.40. The molecule has 2 rings (SSSR count). The van der Waals surface area contributed by atoms with Crippen molar-refractivity contribution in [2.45, 2.75) is 38.4 Å². The van der Waals surface area contributed by atoms with Crippen LogP contribution >= 0.6 is 0 Å². The Labute approximate surface area is 103 Å². The molecule has 0 radical (unpaired) electrons. The molecule has 1 saturated carbocycles. The molecule has 0 N–H and O–H groups in total. The average molecular weight is 257 g/mol. The number of nitriles is 1. The van der Waals surface area contributed by atoms with Gasteiger partial charge in [0, 0.05) is 6.20 Å². The van der Waals surface area contributed by atoms with Crippen molar-refractivity contribution in [2.24, 2.45) is 11.8 Å². The van der Waals surface area contributed by atoms with E-state index >= 15 is 0 Å². The lowest BCUT2D eigenvalue weighted by Crippen LogP contribution is -2.26. The normalized spacial score (nSPS) is 28.9. The topological polar surface area (TPSA) is 41.6 Å². The van der Waals surface area contributed by atoms with Gasteiger partial charge in [0.2, 0.25) is 0 Å². The summed E-state index contributed by atoms with van der Waals surface area (Å²) in [5.74, 6) is 0.167. The summed E-state index contributed by atoms with van der Waals surface area (Å²) in [6.45, 7) is 2.05. The monoisotopic (exact) mass is 257 g/mol. The average Bonchev–Trinajstić information content (AvgIpc) is 2.77. The van der Waals surface area contributed by atoms with Gasteiger partial charge in [-0.2, -0.15) is 23.5 Å². The molecule has 1 fully saturated rings. The fourth-order valence-corrected chi connectivity index (χ4v) is 2.47. The number of alkyl halides is 3. The highest BCUT2D eigenvalue weighted by molar-refractivity contribution is 5.06. The van der Waals surface area contributed by atoms with Crippen LogP contribution in [0.2, 0.25) is 0 Å². The van der Waals surface area contributed by atoms with Crippen LogP contribution in [0.15, 0.2) is 12.3 Å². The zero-order valence-corrected chi connectivity index (χ0v) is 9.98. The molecule has 1 heterocycles. The van der Waals surface area contributed by atoms with Gasteiger partial charge in [0.05, 0.1) is 18.0 Å². The van der Waals surface area contributed by atoms with Gasteiger partial charge in [0.25, 0.3) is 0 Å². The van der Waals surface area contributed by atoms with Gasteiger partial charge in [-0.05, 0) is 31.2 Å². The minimum absolute atomic E-state index is 0.241. The van der Waals surface area contributed by atoms with Gasteiger partial charge in [-0.1, -0.05) is 6.92 Å². The highest BCUT2D eigenvalue weighted by Gasteiger charge is 2.36. The fraction of sp³-hybridized carbons (Fsp3) is 0.667. The second kappa shape index (κ2) is 4.63. The summed E-state index contributed by atoms with van der Waals surface area (Å²) in [6.07, 6.45) is -0.716. The van der Waals surface area contributed by atoms with Crippen molar-refractivity contribution in [3.8, 4) is 6.07 Å². The number of rotatable bonds is 1. The molecule has 18 heavy (non-hydrogen) atoms. The first-order valence-electron chi connectivity index (χ1n) is 5.93. The lowest BCUT2D eigenvalue weighted by Gasteiger charge is -2.31. The van der Waals surface area contributed by atoms with Gasteiger partial charge in [-0.3, -0.25) is 4.68 Å². The number of nitrogens with zero attached hydrogens (tertiary/aromatic N) is 3. The molecule has 0 aliphatic heterocycles. The molecular formula is C12H14F3N3. The highest BCUT2D eigenvalue weighted by Crippen LogP contribution is 2.37. The minimum atomic E-state index is -4.42. The minimum Gasteiger partial charge on any atom is -0.268 e. The maximum atomic E-state index is 12.5.